The molecule has 0 N–H and O–H groups in total. The number of hydrogen-bond acceptors (Lipinski definition) is 1. The number of alkyl halides is 1. The predicted molar refractivity (Wildman–Crippen MR) is 71.9 cm³/mol. The first-order valence-corrected chi connectivity index (χ1v) is 6.27. The van der Waals surface area contributed by atoms with E-state index in [1.165, 1.54) is 5.69 Å². The Balaban J connectivity index is 3.02. The standard InChI is InChI=1S/C12H17BrClN/c1-12(2,3)15(4)10-6-5-9(8-14)11(13)7-10/h5-7H,8H2,1-4H3. The molecule has 0 atom stereocenters. The van der Waals surface area contributed by atoms with Gasteiger partial charge in [0.2, 0.25) is 0 Å². The van der Waals surface area contributed by atoms with Gasteiger partial charge in [-0.3, -0.25) is 0 Å². The summed E-state index contributed by atoms with van der Waals surface area (Å²) in [7, 11) is 2.10. The van der Waals surface area contributed by atoms with Crippen LogP contribution in [-0.4, -0.2) is 12.6 Å². The minimum Gasteiger partial charge on any atom is -0.370 e. The molecule has 1 nitrogen and oxygen atoms in total. The smallest absolute Gasteiger partial charge is 0.0485 e. The molecule has 1 rings (SSSR count). The van der Waals surface area contributed by atoms with Crippen molar-refractivity contribution in [3.05, 3.63) is 28.2 Å². The average molecular weight is 291 g/mol. The third-order valence-electron chi connectivity index (χ3n) is 2.57. The second-order valence-corrected chi connectivity index (χ2v) is 5.76. The molecule has 0 unspecified atom stereocenters. The number of hydrogen-bond donors (Lipinski definition) is 0. The maximum Gasteiger partial charge on any atom is 0.0485 e. The molecule has 0 heterocycles. The Morgan fingerprint density at radius 1 is 1.33 bits per heavy atom. The van der Waals surface area contributed by atoms with Gasteiger partial charge in [-0.2, -0.15) is 0 Å². The first-order valence-electron chi connectivity index (χ1n) is 4.94. The number of benzene rings is 1. The van der Waals surface area contributed by atoms with Crippen molar-refractivity contribution in [3.8, 4) is 0 Å². The molecule has 15 heavy (non-hydrogen) atoms. The van der Waals surface area contributed by atoms with Crippen LogP contribution in [0.3, 0.4) is 0 Å². The fourth-order valence-corrected chi connectivity index (χ4v) is 2.14. The van der Waals surface area contributed by atoms with Crippen LogP contribution in [0.2, 0.25) is 0 Å². The highest BCUT2D eigenvalue weighted by molar-refractivity contribution is 9.10. The van der Waals surface area contributed by atoms with Gasteiger partial charge in [-0.1, -0.05) is 22.0 Å². The van der Waals surface area contributed by atoms with Crippen LogP contribution in [0, 0.1) is 0 Å². The summed E-state index contributed by atoms with van der Waals surface area (Å²) in [4.78, 5) is 2.25. The van der Waals surface area contributed by atoms with E-state index in [2.05, 4.69) is 66.8 Å². The zero-order chi connectivity index (χ0) is 11.6. The summed E-state index contributed by atoms with van der Waals surface area (Å²) in [5.41, 5.74) is 2.45. The maximum atomic E-state index is 5.81. The summed E-state index contributed by atoms with van der Waals surface area (Å²) in [6.07, 6.45) is 0. The second-order valence-electron chi connectivity index (χ2n) is 4.64. The Kier molecular flexibility index (Phi) is 4.07. The summed E-state index contributed by atoms with van der Waals surface area (Å²) in [5.74, 6) is 0.542. The van der Waals surface area contributed by atoms with Crippen molar-refractivity contribution < 1.29 is 0 Å². The lowest BCUT2D eigenvalue weighted by Gasteiger charge is -2.34. The van der Waals surface area contributed by atoms with Gasteiger partial charge in [-0.25, -0.2) is 0 Å². The van der Waals surface area contributed by atoms with Crippen LogP contribution in [0.25, 0.3) is 0 Å². The number of nitrogens with zero attached hydrogens (tertiary/aromatic N) is 1. The van der Waals surface area contributed by atoms with Gasteiger partial charge in [-0.05, 0) is 38.5 Å². The highest BCUT2D eigenvalue weighted by atomic mass is 79.9. The van der Waals surface area contributed by atoms with E-state index in [1.807, 2.05) is 0 Å². The lowest BCUT2D eigenvalue weighted by molar-refractivity contribution is 0.538. The quantitative estimate of drug-likeness (QED) is 0.729. The first kappa shape index (κ1) is 12.9. The van der Waals surface area contributed by atoms with Crippen molar-refractivity contribution in [2.45, 2.75) is 32.2 Å². The van der Waals surface area contributed by atoms with Crippen molar-refractivity contribution in [3.63, 3.8) is 0 Å². The van der Waals surface area contributed by atoms with Gasteiger partial charge in [0, 0.05) is 28.6 Å². The van der Waals surface area contributed by atoms with E-state index < -0.39 is 0 Å². The zero-order valence-electron chi connectivity index (χ0n) is 9.64. The van der Waals surface area contributed by atoms with Gasteiger partial charge in [0.15, 0.2) is 0 Å². The molecule has 84 valence electrons. The normalized spacial score (nSPS) is 11.6. The van der Waals surface area contributed by atoms with Crippen LogP contribution in [0.15, 0.2) is 22.7 Å². The van der Waals surface area contributed by atoms with Crippen molar-refractivity contribution in [2.24, 2.45) is 0 Å². The van der Waals surface area contributed by atoms with Crippen molar-refractivity contribution >= 4 is 33.2 Å². The van der Waals surface area contributed by atoms with E-state index >= 15 is 0 Å². The van der Waals surface area contributed by atoms with Crippen LogP contribution in [0.4, 0.5) is 5.69 Å². The molecule has 0 aromatic heterocycles. The molecule has 0 bridgehead atoms. The summed E-state index contributed by atoms with van der Waals surface area (Å²) >= 11 is 9.34. The van der Waals surface area contributed by atoms with Gasteiger partial charge >= 0.3 is 0 Å². The Labute approximate surface area is 106 Å². The highest BCUT2D eigenvalue weighted by Crippen LogP contribution is 2.28. The number of anilines is 1. The minimum atomic E-state index is 0.127. The second kappa shape index (κ2) is 4.75. The third-order valence-corrected chi connectivity index (χ3v) is 3.60. The molecule has 0 saturated carbocycles. The maximum absolute atomic E-state index is 5.81. The van der Waals surface area contributed by atoms with Gasteiger partial charge in [0.25, 0.3) is 0 Å². The van der Waals surface area contributed by atoms with E-state index in [4.69, 9.17) is 11.6 Å². The molecule has 0 spiro atoms. The summed E-state index contributed by atoms with van der Waals surface area (Å²) < 4.78 is 1.08. The molecule has 0 radical (unpaired) electrons. The molecule has 0 aliphatic heterocycles. The number of rotatable bonds is 2. The molecule has 3 heteroatoms. The highest BCUT2D eigenvalue weighted by Gasteiger charge is 2.17. The van der Waals surface area contributed by atoms with Crippen molar-refractivity contribution in [1.29, 1.82) is 0 Å². The molecule has 0 saturated heterocycles. The molecular formula is C12H17BrClN. The van der Waals surface area contributed by atoms with Crippen molar-refractivity contribution in [2.75, 3.05) is 11.9 Å². The molecule has 0 amide bonds. The van der Waals surface area contributed by atoms with Gasteiger partial charge < -0.3 is 4.90 Å². The van der Waals surface area contributed by atoms with E-state index in [9.17, 15) is 0 Å². The van der Waals surface area contributed by atoms with Gasteiger partial charge in [0.1, 0.15) is 0 Å². The van der Waals surface area contributed by atoms with Gasteiger partial charge in [0.05, 0.1) is 0 Å². The summed E-state index contributed by atoms with van der Waals surface area (Å²) in [6, 6.07) is 6.28. The Morgan fingerprint density at radius 3 is 2.33 bits per heavy atom. The molecular weight excluding hydrogens is 273 g/mol. The van der Waals surface area contributed by atoms with Crippen LogP contribution in [-0.2, 0) is 5.88 Å². The largest absolute Gasteiger partial charge is 0.370 e. The molecule has 0 fully saturated rings. The minimum absolute atomic E-state index is 0.127. The third kappa shape index (κ3) is 3.12. The topological polar surface area (TPSA) is 3.24 Å². The summed E-state index contributed by atoms with van der Waals surface area (Å²) in [5, 5.41) is 0. The van der Waals surface area contributed by atoms with E-state index in [0.717, 1.165) is 10.0 Å². The molecule has 0 aliphatic rings. The predicted octanol–water partition coefficient (Wildman–Crippen LogP) is 4.42. The van der Waals surface area contributed by atoms with Crippen LogP contribution in [0.1, 0.15) is 26.3 Å². The van der Waals surface area contributed by atoms with E-state index in [-0.39, 0.29) is 5.54 Å². The van der Waals surface area contributed by atoms with Crippen LogP contribution < -0.4 is 4.90 Å². The molecule has 0 aliphatic carbocycles. The lowest BCUT2D eigenvalue weighted by Crippen LogP contribution is -2.38. The monoisotopic (exact) mass is 289 g/mol. The van der Waals surface area contributed by atoms with Crippen molar-refractivity contribution in [1.82, 2.24) is 0 Å². The van der Waals surface area contributed by atoms with E-state index in [1.54, 1.807) is 0 Å². The fraction of sp³-hybridized carbons (Fsp3) is 0.500. The molecule has 1 aromatic rings. The molecule has 1 aromatic carbocycles. The lowest BCUT2D eigenvalue weighted by atomic mass is 10.1. The van der Waals surface area contributed by atoms with E-state index in [0.29, 0.717) is 5.88 Å². The van der Waals surface area contributed by atoms with Crippen LogP contribution >= 0.6 is 27.5 Å². The Morgan fingerprint density at radius 2 is 1.93 bits per heavy atom. The van der Waals surface area contributed by atoms with Crippen LogP contribution in [0.5, 0.6) is 0 Å². The fourth-order valence-electron chi connectivity index (χ4n) is 1.24. The SMILES string of the molecule is CN(c1ccc(CCl)c(Br)c1)C(C)(C)C. The first-order chi connectivity index (χ1) is 6.86. The number of halogens is 2. The Hall–Kier alpha value is -0.210. The Bertz CT molecular complexity index is 344. The zero-order valence-corrected chi connectivity index (χ0v) is 12.0. The summed E-state index contributed by atoms with van der Waals surface area (Å²) in [6.45, 7) is 6.57. The van der Waals surface area contributed by atoms with Gasteiger partial charge in [-0.15, -0.1) is 11.6 Å². The average Bonchev–Trinajstić information content (AvgIpc) is 2.15.